The first-order valence-electron chi connectivity index (χ1n) is 7.37. The van der Waals surface area contributed by atoms with Gasteiger partial charge >= 0.3 is 12.4 Å². The quantitative estimate of drug-likeness (QED) is 0.637. The lowest BCUT2D eigenvalue weighted by Gasteiger charge is -2.14. The molecule has 0 fully saturated rings. The second-order valence-electron chi connectivity index (χ2n) is 5.47. The Morgan fingerprint density at radius 2 is 1.67 bits per heavy atom. The van der Waals surface area contributed by atoms with Gasteiger partial charge in [-0.15, -0.1) is 0 Å². The predicted octanol–water partition coefficient (Wildman–Crippen LogP) is 4.92. The number of rotatable bonds is 2. The zero-order chi connectivity index (χ0) is 19.8. The summed E-state index contributed by atoms with van der Waals surface area (Å²) < 4.78 is 78.1. The normalized spacial score (nSPS) is 12.2. The van der Waals surface area contributed by atoms with Crippen LogP contribution in [0.3, 0.4) is 0 Å². The molecule has 1 amide bonds. The Morgan fingerprint density at radius 3 is 2.33 bits per heavy atom. The number of anilines is 1. The molecule has 2 heterocycles. The summed E-state index contributed by atoms with van der Waals surface area (Å²) in [5, 5.41) is 2.23. The maximum Gasteiger partial charge on any atom is 0.434 e. The second kappa shape index (κ2) is 6.53. The largest absolute Gasteiger partial charge is 0.434 e. The van der Waals surface area contributed by atoms with Crippen molar-refractivity contribution in [3.63, 3.8) is 0 Å². The topological polar surface area (TPSA) is 54.9 Å². The molecule has 2 aromatic heterocycles. The number of benzene rings is 1. The lowest BCUT2D eigenvalue weighted by Crippen LogP contribution is -2.21. The standard InChI is InChI=1S/C17H9F6N3O/c18-16(19,20)10-4-1-5-11(8-10)25-15(27)12-7-9-3-2-6-24-14(9)26-13(12)17(21,22)23/h1-8H,(H,25,27). The van der Waals surface area contributed by atoms with Gasteiger partial charge in [-0.3, -0.25) is 4.79 Å². The molecule has 0 aliphatic carbocycles. The van der Waals surface area contributed by atoms with Crippen molar-refractivity contribution >= 4 is 22.6 Å². The highest BCUT2D eigenvalue weighted by molar-refractivity contribution is 6.06. The number of hydrogen-bond donors (Lipinski definition) is 1. The fraction of sp³-hybridized carbons (Fsp3) is 0.118. The number of amides is 1. The highest BCUT2D eigenvalue weighted by Crippen LogP contribution is 2.33. The van der Waals surface area contributed by atoms with E-state index in [1.807, 2.05) is 5.32 Å². The maximum absolute atomic E-state index is 13.3. The Kier molecular flexibility index (Phi) is 4.50. The number of nitrogens with zero attached hydrogens (tertiary/aromatic N) is 2. The van der Waals surface area contributed by atoms with Crippen LogP contribution >= 0.6 is 0 Å². The smallest absolute Gasteiger partial charge is 0.322 e. The minimum atomic E-state index is -4.95. The van der Waals surface area contributed by atoms with Gasteiger partial charge in [-0.05, 0) is 36.4 Å². The average Bonchev–Trinajstić information content (AvgIpc) is 2.59. The van der Waals surface area contributed by atoms with Crippen molar-refractivity contribution in [2.24, 2.45) is 0 Å². The molecule has 0 spiro atoms. The maximum atomic E-state index is 13.3. The number of hydrogen-bond acceptors (Lipinski definition) is 3. The predicted molar refractivity (Wildman–Crippen MR) is 83.9 cm³/mol. The summed E-state index contributed by atoms with van der Waals surface area (Å²) >= 11 is 0. The third kappa shape index (κ3) is 3.99. The average molecular weight is 385 g/mol. The van der Waals surface area contributed by atoms with E-state index in [0.29, 0.717) is 6.07 Å². The molecule has 0 unspecified atom stereocenters. The van der Waals surface area contributed by atoms with Crippen LogP contribution in [0.4, 0.5) is 32.0 Å². The minimum Gasteiger partial charge on any atom is -0.322 e. The van der Waals surface area contributed by atoms with Crippen molar-refractivity contribution in [2.75, 3.05) is 5.32 Å². The fourth-order valence-corrected chi connectivity index (χ4v) is 2.37. The van der Waals surface area contributed by atoms with Crippen LogP contribution in [0.2, 0.25) is 0 Å². The summed E-state index contributed by atoms with van der Waals surface area (Å²) in [6.07, 6.45) is -8.36. The summed E-state index contributed by atoms with van der Waals surface area (Å²) in [4.78, 5) is 19.4. The number of alkyl halides is 6. The second-order valence-corrected chi connectivity index (χ2v) is 5.47. The number of fused-ring (bicyclic) bond motifs is 1. The van der Waals surface area contributed by atoms with E-state index >= 15 is 0 Å². The molecular formula is C17H9F6N3O. The zero-order valence-corrected chi connectivity index (χ0v) is 13.2. The van der Waals surface area contributed by atoms with Crippen LogP contribution in [0.1, 0.15) is 21.6 Å². The van der Waals surface area contributed by atoms with Crippen LogP contribution in [0.15, 0.2) is 48.7 Å². The van der Waals surface area contributed by atoms with Crippen LogP contribution < -0.4 is 5.32 Å². The molecule has 0 saturated carbocycles. The summed E-state index contributed by atoms with van der Waals surface area (Å²) in [7, 11) is 0. The molecule has 4 nitrogen and oxygen atoms in total. The Hall–Kier alpha value is -3.17. The first-order chi connectivity index (χ1) is 12.6. The fourth-order valence-electron chi connectivity index (χ4n) is 2.37. The van der Waals surface area contributed by atoms with E-state index in [-0.39, 0.29) is 16.7 Å². The van der Waals surface area contributed by atoms with Crippen molar-refractivity contribution < 1.29 is 31.1 Å². The zero-order valence-electron chi connectivity index (χ0n) is 13.2. The molecule has 1 aromatic carbocycles. The number of halogens is 6. The molecule has 0 aliphatic rings. The first-order valence-corrected chi connectivity index (χ1v) is 7.37. The lowest BCUT2D eigenvalue weighted by atomic mass is 10.1. The van der Waals surface area contributed by atoms with Gasteiger partial charge in [0.15, 0.2) is 11.3 Å². The molecule has 140 valence electrons. The van der Waals surface area contributed by atoms with E-state index in [0.717, 1.165) is 24.3 Å². The van der Waals surface area contributed by atoms with Crippen LogP contribution in [-0.4, -0.2) is 15.9 Å². The van der Waals surface area contributed by atoms with Crippen molar-refractivity contribution in [3.05, 3.63) is 65.5 Å². The summed E-state index contributed by atoms with van der Waals surface area (Å²) in [5.41, 5.74) is -3.84. The van der Waals surface area contributed by atoms with E-state index in [1.165, 1.54) is 18.3 Å². The van der Waals surface area contributed by atoms with Crippen molar-refractivity contribution in [1.82, 2.24) is 9.97 Å². The van der Waals surface area contributed by atoms with Gasteiger partial charge in [0.05, 0.1) is 11.1 Å². The number of carbonyl (C=O) groups is 1. The third-order valence-electron chi connectivity index (χ3n) is 3.55. The van der Waals surface area contributed by atoms with Crippen LogP contribution in [0.5, 0.6) is 0 Å². The van der Waals surface area contributed by atoms with Crippen molar-refractivity contribution in [2.45, 2.75) is 12.4 Å². The molecule has 1 N–H and O–H groups in total. The Morgan fingerprint density at radius 1 is 0.926 bits per heavy atom. The monoisotopic (exact) mass is 385 g/mol. The number of nitrogens with one attached hydrogen (secondary N) is 1. The van der Waals surface area contributed by atoms with Crippen LogP contribution in [0.25, 0.3) is 11.0 Å². The van der Waals surface area contributed by atoms with Gasteiger partial charge in [-0.1, -0.05) is 6.07 Å². The van der Waals surface area contributed by atoms with E-state index < -0.39 is 35.1 Å². The minimum absolute atomic E-state index is 0.180. The van der Waals surface area contributed by atoms with Gasteiger partial charge in [0, 0.05) is 17.3 Å². The Labute approximate surface area is 147 Å². The van der Waals surface area contributed by atoms with Gasteiger partial charge in [0.25, 0.3) is 5.91 Å². The van der Waals surface area contributed by atoms with Gasteiger partial charge in [0.1, 0.15) is 0 Å². The summed E-state index contributed by atoms with van der Waals surface area (Å²) in [5.74, 6) is -1.24. The Balaban J connectivity index is 2.03. The first kappa shape index (κ1) is 18.6. The van der Waals surface area contributed by atoms with E-state index in [9.17, 15) is 31.1 Å². The summed E-state index contributed by atoms with van der Waals surface area (Å²) in [6, 6.07) is 7.38. The highest BCUT2D eigenvalue weighted by atomic mass is 19.4. The molecule has 0 bridgehead atoms. The molecule has 3 aromatic rings. The SMILES string of the molecule is O=C(Nc1cccc(C(F)(F)F)c1)c1cc2cccnc2nc1C(F)(F)F. The van der Waals surface area contributed by atoms with Crippen LogP contribution in [0, 0.1) is 0 Å². The van der Waals surface area contributed by atoms with Gasteiger partial charge in [-0.25, -0.2) is 9.97 Å². The molecule has 0 atom stereocenters. The number of aromatic nitrogens is 2. The van der Waals surface area contributed by atoms with E-state index in [4.69, 9.17) is 0 Å². The molecule has 0 aliphatic heterocycles. The van der Waals surface area contributed by atoms with Gasteiger partial charge in [0.2, 0.25) is 0 Å². The van der Waals surface area contributed by atoms with Gasteiger partial charge < -0.3 is 5.32 Å². The van der Waals surface area contributed by atoms with Gasteiger partial charge in [-0.2, -0.15) is 26.3 Å². The third-order valence-corrected chi connectivity index (χ3v) is 3.55. The molecule has 0 saturated heterocycles. The molecule has 10 heteroatoms. The van der Waals surface area contributed by atoms with Crippen LogP contribution in [-0.2, 0) is 12.4 Å². The van der Waals surface area contributed by atoms with E-state index in [2.05, 4.69) is 9.97 Å². The van der Waals surface area contributed by atoms with Crippen molar-refractivity contribution in [1.29, 1.82) is 0 Å². The van der Waals surface area contributed by atoms with Crippen molar-refractivity contribution in [3.8, 4) is 0 Å². The molecule has 3 rings (SSSR count). The highest BCUT2D eigenvalue weighted by Gasteiger charge is 2.38. The number of carbonyl (C=O) groups excluding carboxylic acids is 1. The molecule has 27 heavy (non-hydrogen) atoms. The molecule has 0 radical (unpaired) electrons. The molecular weight excluding hydrogens is 376 g/mol. The lowest BCUT2D eigenvalue weighted by molar-refractivity contribution is -0.141. The number of pyridine rings is 2. The van der Waals surface area contributed by atoms with E-state index in [1.54, 1.807) is 0 Å². The Bertz CT molecular complexity index is 1010. The summed E-state index contributed by atoms with van der Waals surface area (Å²) in [6.45, 7) is 0.